The molecule has 2 heterocycles. The predicted octanol–water partition coefficient (Wildman–Crippen LogP) is 4.01. The second-order valence-corrected chi connectivity index (χ2v) is 13.1. The van der Waals surface area contributed by atoms with Crippen LogP contribution in [-0.4, -0.2) is 47.2 Å². The Labute approximate surface area is 150 Å². The van der Waals surface area contributed by atoms with Gasteiger partial charge in [-0.2, -0.15) is 5.10 Å². The highest BCUT2D eigenvalue weighted by atomic mass is 79.9. The van der Waals surface area contributed by atoms with Gasteiger partial charge in [-0.05, 0) is 28.9 Å². The number of hydrogen-bond donors (Lipinski definition) is 1. The maximum Gasteiger partial charge on any atom is 0.412 e. The van der Waals surface area contributed by atoms with Gasteiger partial charge in [0, 0.05) is 33.5 Å². The molecule has 0 aliphatic rings. The molecule has 2 aromatic rings. The molecule has 24 heavy (non-hydrogen) atoms. The number of fused-ring (bicyclic) bond motifs is 1. The molecule has 0 spiro atoms. The average Bonchev–Trinajstić information content (AvgIpc) is 2.79. The standard InChI is InChI=1S/C15H23BrN4O3Si/c1-5-19(15(21)22)13-8-12-11(9-17-13)14(16)18-20(12)10-23-6-7-24(2,3)4/h8-9H,5-7,10H2,1-4H3,(H,21,22). The Kier molecular flexibility index (Phi) is 6.00. The highest BCUT2D eigenvalue weighted by molar-refractivity contribution is 9.10. The van der Waals surface area contributed by atoms with Gasteiger partial charge >= 0.3 is 6.09 Å². The third-order valence-electron chi connectivity index (χ3n) is 3.61. The van der Waals surface area contributed by atoms with Crippen LogP contribution in [0.15, 0.2) is 16.9 Å². The van der Waals surface area contributed by atoms with Crippen LogP contribution in [0.1, 0.15) is 6.92 Å². The molecule has 0 aliphatic heterocycles. The molecular weight excluding hydrogens is 392 g/mol. The molecule has 2 aromatic heterocycles. The molecule has 0 radical (unpaired) electrons. The summed E-state index contributed by atoms with van der Waals surface area (Å²) in [5, 5.41) is 14.5. The van der Waals surface area contributed by atoms with E-state index in [1.807, 2.05) is 0 Å². The van der Waals surface area contributed by atoms with E-state index in [1.54, 1.807) is 23.9 Å². The second kappa shape index (κ2) is 7.62. The van der Waals surface area contributed by atoms with E-state index in [-0.39, 0.29) is 0 Å². The first-order chi connectivity index (χ1) is 11.2. The number of carbonyl (C=O) groups is 1. The number of aromatic nitrogens is 3. The molecule has 0 saturated heterocycles. The molecular formula is C15H23BrN4O3Si. The Morgan fingerprint density at radius 3 is 2.75 bits per heavy atom. The smallest absolute Gasteiger partial charge is 0.412 e. The summed E-state index contributed by atoms with van der Waals surface area (Å²) in [5.74, 6) is 0.383. The maximum atomic E-state index is 11.3. The molecule has 2 rings (SSSR count). The lowest BCUT2D eigenvalue weighted by Crippen LogP contribution is -2.29. The van der Waals surface area contributed by atoms with Gasteiger partial charge in [-0.3, -0.25) is 4.90 Å². The molecule has 0 fully saturated rings. The van der Waals surface area contributed by atoms with Gasteiger partial charge in [0.1, 0.15) is 17.2 Å². The van der Waals surface area contributed by atoms with Crippen LogP contribution in [0.2, 0.25) is 25.7 Å². The molecule has 0 unspecified atom stereocenters. The zero-order valence-corrected chi connectivity index (χ0v) is 17.0. The summed E-state index contributed by atoms with van der Waals surface area (Å²) in [6.07, 6.45) is 0.604. The predicted molar refractivity (Wildman–Crippen MR) is 100 cm³/mol. The highest BCUT2D eigenvalue weighted by Crippen LogP contribution is 2.26. The van der Waals surface area contributed by atoms with Crippen LogP contribution in [0.5, 0.6) is 0 Å². The molecule has 132 valence electrons. The topological polar surface area (TPSA) is 80.5 Å². The lowest BCUT2D eigenvalue weighted by molar-refractivity contribution is 0.0815. The van der Waals surface area contributed by atoms with Gasteiger partial charge in [0.2, 0.25) is 0 Å². The number of pyridine rings is 1. The van der Waals surface area contributed by atoms with Crippen LogP contribution in [-0.2, 0) is 11.5 Å². The number of amides is 1. The van der Waals surface area contributed by atoms with Crippen LogP contribution in [0.25, 0.3) is 10.9 Å². The van der Waals surface area contributed by atoms with Crippen molar-refractivity contribution >= 4 is 46.8 Å². The molecule has 1 amide bonds. The number of carboxylic acid groups (broad SMARTS) is 1. The summed E-state index contributed by atoms with van der Waals surface area (Å²) in [4.78, 5) is 16.7. The van der Waals surface area contributed by atoms with E-state index in [1.165, 1.54) is 4.90 Å². The summed E-state index contributed by atoms with van der Waals surface area (Å²) in [5.41, 5.74) is 0.791. The normalized spacial score (nSPS) is 11.9. The van der Waals surface area contributed by atoms with Crippen molar-refractivity contribution in [3.63, 3.8) is 0 Å². The van der Waals surface area contributed by atoms with Crippen LogP contribution in [0, 0.1) is 0 Å². The van der Waals surface area contributed by atoms with E-state index in [0.717, 1.165) is 16.9 Å². The van der Waals surface area contributed by atoms with Gasteiger partial charge in [0.05, 0.1) is 10.9 Å². The summed E-state index contributed by atoms with van der Waals surface area (Å²) in [7, 11) is -1.13. The summed E-state index contributed by atoms with van der Waals surface area (Å²) in [6, 6.07) is 2.81. The van der Waals surface area contributed by atoms with Crippen molar-refractivity contribution in [1.29, 1.82) is 0 Å². The molecule has 0 saturated carbocycles. The van der Waals surface area contributed by atoms with Crippen LogP contribution < -0.4 is 4.90 Å². The highest BCUT2D eigenvalue weighted by Gasteiger charge is 2.17. The molecule has 1 N–H and O–H groups in total. The Bertz CT molecular complexity index is 729. The minimum Gasteiger partial charge on any atom is -0.465 e. The average molecular weight is 415 g/mol. The summed E-state index contributed by atoms with van der Waals surface area (Å²) >= 11 is 3.42. The van der Waals surface area contributed by atoms with E-state index in [0.29, 0.717) is 30.3 Å². The number of anilines is 1. The minimum atomic E-state index is -1.13. The minimum absolute atomic E-state index is 0.329. The lowest BCUT2D eigenvalue weighted by Gasteiger charge is -2.16. The lowest BCUT2D eigenvalue weighted by atomic mass is 10.3. The Hall–Kier alpha value is -1.45. The van der Waals surface area contributed by atoms with Crippen molar-refractivity contribution in [3.05, 3.63) is 16.9 Å². The fourth-order valence-electron chi connectivity index (χ4n) is 2.19. The van der Waals surface area contributed by atoms with Crippen LogP contribution in [0.4, 0.5) is 10.6 Å². The van der Waals surface area contributed by atoms with E-state index in [9.17, 15) is 9.90 Å². The largest absolute Gasteiger partial charge is 0.465 e. The van der Waals surface area contributed by atoms with Gasteiger partial charge < -0.3 is 9.84 Å². The quantitative estimate of drug-likeness (QED) is 0.546. The van der Waals surface area contributed by atoms with Crippen molar-refractivity contribution < 1.29 is 14.6 Å². The molecule has 0 aliphatic carbocycles. The van der Waals surface area contributed by atoms with Crippen LogP contribution in [0.3, 0.4) is 0 Å². The SMILES string of the molecule is CCN(C(=O)O)c1cc2c(cn1)c(Br)nn2COCC[Si](C)(C)C. The van der Waals surface area contributed by atoms with E-state index >= 15 is 0 Å². The first-order valence-corrected chi connectivity index (χ1v) is 12.3. The van der Waals surface area contributed by atoms with Crippen molar-refractivity contribution in [1.82, 2.24) is 14.8 Å². The zero-order chi connectivity index (χ0) is 17.9. The van der Waals surface area contributed by atoms with Crippen LogP contribution >= 0.6 is 15.9 Å². The number of hydrogen-bond acceptors (Lipinski definition) is 4. The molecule has 0 bridgehead atoms. The first-order valence-electron chi connectivity index (χ1n) is 7.83. The van der Waals surface area contributed by atoms with Gasteiger partial charge in [0.25, 0.3) is 0 Å². The van der Waals surface area contributed by atoms with Gasteiger partial charge in [-0.25, -0.2) is 14.5 Å². The molecule has 7 nitrogen and oxygen atoms in total. The van der Waals surface area contributed by atoms with E-state index in [4.69, 9.17) is 4.74 Å². The Morgan fingerprint density at radius 1 is 1.46 bits per heavy atom. The molecule has 0 aromatic carbocycles. The van der Waals surface area contributed by atoms with Crippen molar-refractivity contribution in [2.24, 2.45) is 0 Å². The van der Waals surface area contributed by atoms with Gasteiger partial charge in [0.15, 0.2) is 0 Å². The van der Waals surface area contributed by atoms with E-state index < -0.39 is 14.2 Å². The summed E-state index contributed by atoms with van der Waals surface area (Å²) in [6.45, 7) is 10.0. The second-order valence-electron chi connectivity index (χ2n) is 6.72. The summed E-state index contributed by atoms with van der Waals surface area (Å²) < 4.78 is 8.15. The van der Waals surface area contributed by atoms with E-state index in [2.05, 4.69) is 45.7 Å². The maximum absolute atomic E-state index is 11.3. The fourth-order valence-corrected chi connectivity index (χ4v) is 3.44. The van der Waals surface area contributed by atoms with Gasteiger partial charge in [-0.1, -0.05) is 19.6 Å². The number of rotatable bonds is 7. The molecule has 0 atom stereocenters. The van der Waals surface area contributed by atoms with Crippen molar-refractivity contribution in [3.8, 4) is 0 Å². The Balaban J connectivity index is 2.22. The number of halogens is 1. The zero-order valence-electron chi connectivity index (χ0n) is 14.4. The monoisotopic (exact) mass is 414 g/mol. The number of ether oxygens (including phenoxy) is 1. The van der Waals surface area contributed by atoms with Crippen molar-refractivity contribution in [2.45, 2.75) is 39.3 Å². The third kappa shape index (κ3) is 4.55. The third-order valence-corrected chi connectivity index (χ3v) is 5.90. The fraction of sp³-hybridized carbons (Fsp3) is 0.533. The van der Waals surface area contributed by atoms with Gasteiger partial charge in [-0.15, -0.1) is 0 Å². The van der Waals surface area contributed by atoms with Crippen molar-refractivity contribution in [2.75, 3.05) is 18.1 Å². The molecule has 9 heteroatoms. The number of nitrogens with zero attached hydrogens (tertiary/aromatic N) is 4. The Morgan fingerprint density at radius 2 is 2.17 bits per heavy atom. The first kappa shape index (κ1) is 18.9.